The van der Waals surface area contributed by atoms with Crippen LogP contribution in [0.15, 0.2) is 30.7 Å². The van der Waals surface area contributed by atoms with Crippen LogP contribution < -0.4 is 14.8 Å². The molecule has 0 atom stereocenters. The first-order chi connectivity index (χ1) is 11.9. The van der Waals surface area contributed by atoms with Crippen molar-refractivity contribution in [2.24, 2.45) is 0 Å². The van der Waals surface area contributed by atoms with Crippen molar-refractivity contribution in [1.82, 2.24) is 14.9 Å². The van der Waals surface area contributed by atoms with Gasteiger partial charge in [0.1, 0.15) is 5.60 Å². The van der Waals surface area contributed by atoms with Crippen LogP contribution >= 0.6 is 0 Å². The van der Waals surface area contributed by atoms with E-state index in [1.54, 1.807) is 6.33 Å². The highest BCUT2D eigenvalue weighted by Crippen LogP contribution is 2.32. The predicted molar refractivity (Wildman–Crippen MR) is 91.8 cm³/mol. The summed E-state index contributed by atoms with van der Waals surface area (Å²) in [7, 11) is 0. The molecule has 1 aliphatic heterocycles. The van der Waals surface area contributed by atoms with Crippen LogP contribution in [0.3, 0.4) is 0 Å². The third kappa shape index (κ3) is 4.65. The van der Waals surface area contributed by atoms with E-state index in [2.05, 4.69) is 10.3 Å². The highest BCUT2D eigenvalue weighted by molar-refractivity contribution is 5.67. The number of alkyl carbamates (subject to hydrolysis) is 1. The van der Waals surface area contributed by atoms with Gasteiger partial charge in [0.05, 0.1) is 6.33 Å². The van der Waals surface area contributed by atoms with Crippen molar-refractivity contribution in [2.45, 2.75) is 39.3 Å². The number of hydrogen-bond acceptors (Lipinski definition) is 5. The molecule has 1 aliphatic rings. The second kappa shape index (κ2) is 7.04. The van der Waals surface area contributed by atoms with Crippen molar-refractivity contribution in [1.29, 1.82) is 0 Å². The molecule has 7 heteroatoms. The number of ether oxygens (including phenoxy) is 3. The first kappa shape index (κ1) is 17.1. The number of nitrogens with one attached hydrogen (secondary N) is 1. The Kier molecular flexibility index (Phi) is 4.83. The number of imidazole rings is 1. The number of nitrogens with zero attached hydrogens (tertiary/aromatic N) is 2. The van der Waals surface area contributed by atoms with Crippen molar-refractivity contribution in [3.8, 4) is 11.5 Å². The van der Waals surface area contributed by atoms with Crippen molar-refractivity contribution < 1.29 is 19.0 Å². The Morgan fingerprint density at radius 2 is 2.12 bits per heavy atom. The van der Waals surface area contributed by atoms with Gasteiger partial charge in [-0.1, -0.05) is 6.07 Å². The molecule has 0 spiro atoms. The van der Waals surface area contributed by atoms with Gasteiger partial charge in [-0.25, -0.2) is 9.78 Å². The van der Waals surface area contributed by atoms with E-state index >= 15 is 0 Å². The van der Waals surface area contributed by atoms with Crippen LogP contribution in [0.4, 0.5) is 4.79 Å². The summed E-state index contributed by atoms with van der Waals surface area (Å²) in [6.45, 7) is 6.96. The summed E-state index contributed by atoms with van der Waals surface area (Å²) in [6.07, 6.45) is 3.86. The summed E-state index contributed by atoms with van der Waals surface area (Å²) in [4.78, 5) is 15.9. The predicted octanol–water partition coefficient (Wildman–Crippen LogP) is 2.73. The molecule has 0 saturated heterocycles. The smallest absolute Gasteiger partial charge is 0.407 e. The van der Waals surface area contributed by atoms with Crippen LogP contribution in [-0.2, 0) is 17.7 Å². The standard InChI is InChI=1S/C18H23N3O4/c1-18(2,3)25-17(22)20-7-6-14-9-19-11-21(14)10-13-4-5-15-16(8-13)24-12-23-15/h4-5,8-9,11H,6-7,10,12H2,1-3H3,(H,20,22). The number of hydrogen-bond donors (Lipinski definition) is 1. The average Bonchev–Trinajstić information content (AvgIpc) is 3.14. The minimum absolute atomic E-state index is 0.269. The van der Waals surface area contributed by atoms with E-state index in [0.29, 0.717) is 19.5 Å². The lowest BCUT2D eigenvalue weighted by molar-refractivity contribution is 0.0528. The summed E-state index contributed by atoms with van der Waals surface area (Å²) >= 11 is 0. The molecule has 2 heterocycles. The van der Waals surface area contributed by atoms with Gasteiger partial charge in [0.15, 0.2) is 11.5 Å². The van der Waals surface area contributed by atoms with E-state index in [4.69, 9.17) is 14.2 Å². The van der Waals surface area contributed by atoms with Gasteiger partial charge in [0.2, 0.25) is 6.79 Å². The fourth-order valence-corrected chi connectivity index (χ4v) is 2.54. The molecule has 0 saturated carbocycles. The Labute approximate surface area is 146 Å². The van der Waals surface area contributed by atoms with E-state index in [0.717, 1.165) is 22.8 Å². The molecule has 1 amide bonds. The van der Waals surface area contributed by atoms with Crippen LogP contribution in [0.25, 0.3) is 0 Å². The molecule has 1 aromatic heterocycles. The lowest BCUT2D eigenvalue weighted by atomic mass is 10.2. The molecule has 0 unspecified atom stereocenters. The highest BCUT2D eigenvalue weighted by Gasteiger charge is 2.16. The maximum atomic E-state index is 11.7. The van der Waals surface area contributed by atoms with Crippen molar-refractivity contribution in [3.63, 3.8) is 0 Å². The van der Waals surface area contributed by atoms with Crippen molar-refractivity contribution in [2.75, 3.05) is 13.3 Å². The molecule has 3 rings (SSSR count). The number of carbonyl (C=O) groups is 1. The zero-order valence-corrected chi connectivity index (χ0v) is 14.7. The topological polar surface area (TPSA) is 74.6 Å². The maximum Gasteiger partial charge on any atom is 0.407 e. The van der Waals surface area contributed by atoms with Crippen molar-refractivity contribution >= 4 is 6.09 Å². The summed E-state index contributed by atoms with van der Waals surface area (Å²) in [5, 5.41) is 2.76. The van der Waals surface area contributed by atoms with Crippen LogP contribution in [0.5, 0.6) is 11.5 Å². The molecule has 25 heavy (non-hydrogen) atoms. The number of fused-ring (bicyclic) bond motifs is 1. The van der Waals surface area contributed by atoms with Gasteiger partial charge in [-0.3, -0.25) is 0 Å². The molecule has 1 N–H and O–H groups in total. The van der Waals surface area contributed by atoms with Gasteiger partial charge in [-0.2, -0.15) is 0 Å². The number of amides is 1. The summed E-state index contributed by atoms with van der Waals surface area (Å²) in [5.74, 6) is 1.54. The summed E-state index contributed by atoms with van der Waals surface area (Å²) < 4.78 is 18.0. The first-order valence-electron chi connectivity index (χ1n) is 8.25. The number of benzene rings is 1. The van der Waals surface area contributed by atoms with Gasteiger partial charge in [-0.15, -0.1) is 0 Å². The zero-order chi connectivity index (χ0) is 17.9. The normalized spacial score (nSPS) is 12.9. The fourth-order valence-electron chi connectivity index (χ4n) is 2.54. The van der Waals surface area contributed by atoms with Crippen molar-refractivity contribution in [3.05, 3.63) is 42.0 Å². The van der Waals surface area contributed by atoms with E-state index in [1.807, 2.05) is 49.7 Å². The van der Waals surface area contributed by atoms with Crippen LogP contribution in [-0.4, -0.2) is 34.6 Å². The molecule has 0 fully saturated rings. The Morgan fingerprint density at radius 1 is 1.32 bits per heavy atom. The Hall–Kier alpha value is -2.70. The minimum atomic E-state index is -0.495. The molecule has 0 bridgehead atoms. The molecule has 1 aromatic carbocycles. The largest absolute Gasteiger partial charge is 0.454 e. The average molecular weight is 345 g/mol. The lowest BCUT2D eigenvalue weighted by Crippen LogP contribution is -2.33. The molecule has 7 nitrogen and oxygen atoms in total. The Morgan fingerprint density at radius 3 is 2.92 bits per heavy atom. The lowest BCUT2D eigenvalue weighted by Gasteiger charge is -2.19. The third-order valence-electron chi connectivity index (χ3n) is 3.64. The zero-order valence-electron chi connectivity index (χ0n) is 14.7. The molecule has 134 valence electrons. The fraction of sp³-hybridized carbons (Fsp3) is 0.444. The van der Waals surface area contributed by atoms with Crippen LogP contribution in [0.1, 0.15) is 32.0 Å². The molecular weight excluding hydrogens is 322 g/mol. The van der Waals surface area contributed by atoms with E-state index in [-0.39, 0.29) is 6.79 Å². The van der Waals surface area contributed by atoms with E-state index in [9.17, 15) is 4.79 Å². The third-order valence-corrected chi connectivity index (χ3v) is 3.64. The van der Waals surface area contributed by atoms with Gasteiger partial charge in [-0.05, 0) is 38.5 Å². The second-order valence-corrected chi connectivity index (χ2v) is 6.88. The minimum Gasteiger partial charge on any atom is -0.454 e. The Balaban J connectivity index is 1.55. The van der Waals surface area contributed by atoms with Gasteiger partial charge in [0.25, 0.3) is 0 Å². The summed E-state index contributed by atoms with van der Waals surface area (Å²) in [6, 6.07) is 5.90. The number of rotatable bonds is 5. The molecule has 0 radical (unpaired) electrons. The van der Waals surface area contributed by atoms with Gasteiger partial charge < -0.3 is 24.1 Å². The SMILES string of the molecule is CC(C)(C)OC(=O)NCCc1cncn1Cc1ccc2c(c1)OCO2. The monoisotopic (exact) mass is 345 g/mol. The Bertz CT molecular complexity index is 749. The maximum absolute atomic E-state index is 11.7. The van der Waals surface area contributed by atoms with Crippen LogP contribution in [0, 0.1) is 0 Å². The molecule has 0 aliphatic carbocycles. The van der Waals surface area contributed by atoms with E-state index < -0.39 is 11.7 Å². The highest BCUT2D eigenvalue weighted by atomic mass is 16.7. The molecule has 2 aromatic rings. The number of aromatic nitrogens is 2. The van der Waals surface area contributed by atoms with Crippen LogP contribution in [0.2, 0.25) is 0 Å². The van der Waals surface area contributed by atoms with Gasteiger partial charge in [0, 0.05) is 31.4 Å². The van der Waals surface area contributed by atoms with E-state index in [1.165, 1.54) is 0 Å². The first-order valence-corrected chi connectivity index (χ1v) is 8.25. The quantitative estimate of drug-likeness (QED) is 0.902. The van der Waals surface area contributed by atoms with Gasteiger partial charge >= 0.3 is 6.09 Å². The summed E-state index contributed by atoms with van der Waals surface area (Å²) in [5.41, 5.74) is 1.64. The molecular formula is C18H23N3O4. The number of carbonyl (C=O) groups excluding carboxylic acids is 1. The second-order valence-electron chi connectivity index (χ2n) is 6.88.